The molecule has 1 aliphatic carbocycles. The maximum atomic E-state index is 12.4. The van der Waals surface area contributed by atoms with Gasteiger partial charge in [0.15, 0.2) is 0 Å². The molecule has 0 spiro atoms. The van der Waals surface area contributed by atoms with Gasteiger partial charge < -0.3 is 5.32 Å². The molecular weight excluding hydrogens is 406 g/mol. The highest BCUT2D eigenvalue weighted by Crippen LogP contribution is 2.27. The van der Waals surface area contributed by atoms with E-state index in [4.69, 9.17) is 0 Å². The highest BCUT2D eigenvalue weighted by atomic mass is 79.9. The molecule has 3 rings (SSSR count). The van der Waals surface area contributed by atoms with Crippen LogP contribution in [0.25, 0.3) is 0 Å². The second-order valence-corrected chi connectivity index (χ2v) is 7.59. The summed E-state index contributed by atoms with van der Waals surface area (Å²) < 4.78 is 0.901. The predicted octanol–water partition coefficient (Wildman–Crippen LogP) is 4.46. The summed E-state index contributed by atoms with van der Waals surface area (Å²) in [6, 6.07) is 13.1. The Morgan fingerprint density at radius 3 is 2.59 bits per heavy atom. The highest BCUT2D eigenvalue weighted by molar-refractivity contribution is 9.10. The Morgan fingerprint density at radius 1 is 1.07 bits per heavy atom. The van der Waals surface area contributed by atoms with E-state index >= 15 is 0 Å². The minimum absolute atomic E-state index is 0.129. The molecule has 0 aromatic heterocycles. The average Bonchev–Trinajstić information content (AvgIpc) is 2.67. The van der Waals surface area contributed by atoms with Crippen LogP contribution >= 0.6 is 15.9 Å². The van der Waals surface area contributed by atoms with Gasteiger partial charge in [0.25, 0.3) is 5.91 Å². The zero-order chi connectivity index (χ0) is 19.2. The Hall–Kier alpha value is -2.47. The van der Waals surface area contributed by atoms with Crippen LogP contribution in [-0.4, -0.2) is 17.5 Å². The fraction of sp³-hybridized carbons (Fsp3) is 0.286. The molecule has 6 heteroatoms. The van der Waals surface area contributed by atoms with Gasteiger partial charge in [-0.2, -0.15) is 5.10 Å². The van der Waals surface area contributed by atoms with E-state index in [0.717, 1.165) is 29.4 Å². The first kappa shape index (κ1) is 19.3. The maximum Gasteiger partial charge on any atom is 0.271 e. The van der Waals surface area contributed by atoms with Crippen molar-refractivity contribution in [1.29, 1.82) is 0 Å². The Labute approximate surface area is 167 Å². The van der Waals surface area contributed by atoms with E-state index in [0.29, 0.717) is 11.3 Å². The molecule has 5 nitrogen and oxygen atoms in total. The van der Waals surface area contributed by atoms with Crippen LogP contribution < -0.4 is 10.7 Å². The van der Waals surface area contributed by atoms with Crippen molar-refractivity contribution in [1.82, 2.24) is 5.43 Å². The molecule has 0 aliphatic heterocycles. The summed E-state index contributed by atoms with van der Waals surface area (Å²) >= 11 is 3.33. The number of nitrogens with one attached hydrogen (secondary N) is 2. The monoisotopic (exact) mass is 427 g/mol. The second kappa shape index (κ2) is 8.95. The van der Waals surface area contributed by atoms with E-state index < -0.39 is 0 Å². The summed E-state index contributed by atoms with van der Waals surface area (Å²) in [5.74, 6) is -0.437. The van der Waals surface area contributed by atoms with Crippen molar-refractivity contribution in [2.75, 3.05) is 5.32 Å². The number of aryl methyl sites for hydroxylation is 1. The molecule has 1 aliphatic rings. The molecule has 2 aromatic rings. The van der Waals surface area contributed by atoms with Gasteiger partial charge in [-0.15, -0.1) is 0 Å². The van der Waals surface area contributed by atoms with Crippen LogP contribution in [0.1, 0.15) is 47.7 Å². The topological polar surface area (TPSA) is 70.6 Å². The fourth-order valence-corrected chi connectivity index (χ4v) is 3.44. The summed E-state index contributed by atoms with van der Waals surface area (Å²) in [6.07, 6.45) is 4.56. The van der Waals surface area contributed by atoms with Crippen LogP contribution in [0.2, 0.25) is 0 Å². The molecule has 0 bridgehead atoms. The molecule has 0 saturated heterocycles. The number of halogens is 1. The van der Waals surface area contributed by atoms with Crippen molar-refractivity contribution in [3.63, 3.8) is 0 Å². The number of hydrogen-bond donors (Lipinski definition) is 2. The van der Waals surface area contributed by atoms with Crippen LogP contribution in [0.3, 0.4) is 0 Å². The SMILES string of the molecule is C/C(CC(=O)Nc1cccc2c1CCCC2)=N/NC(=O)c1ccc(Br)cc1. The first-order valence-electron chi connectivity index (χ1n) is 9.02. The summed E-state index contributed by atoms with van der Waals surface area (Å²) in [6.45, 7) is 1.72. The van der Waals surface area contributed by atoms with Crippen molar-refractivity contribution in [2.45, 2.75) is 39.0 Å². The molecular formula is C21H22BrN3O2. The zero-order valence-electron chi connectivity index (χ0n) is 15.2. The van der Waals surface area contributed by atoms with Crippen molar-refractivity contribution < 1.29 is 9.59 Å². The summed E-state index contributed by atoms with van der Waals surface area (Å²) in [5.41, 5.74) is 7.01. The number of benzene rings is 2. The number of anilines is 1. The normalized spacial score (nSPS) is 13.6. The number of nitrogens with zero attached hydrogens (tertiary/aromatic N) is 1. The summed E-state index contributed by atoms with van der Waals surface area (Å²) in [5, 5.41) is 7.03. The summed E-state index contributed by atoms with van der Waals surface area (Å²) in [7, 11) is 0. The molecule has 0 atom stereocenters. The lowest BCUT2D eigenvalue weighted by Gasteiger charge is -2.19. The van der Waals surface area contributed by atoms with E-state index in [9.17, 15) is 9.59 Å². The molecule has 0 saturated carbocycles. The quantitative estimate of drug-likeness (QED) is 0.545. The van der Waals surface area contributed by atoms with Gasteiger partial charge in [0, 0.05) is 21.4 Å². The standard InChI is InChI=1S/C21H22BrN3O2/c1-14(24-25-21(27)16-9-11-17(22)12-10-16)13-20(26)23-19-8-4-6-15-5-2-3-7-18(15)19/h4,6,8-12H,2-3,5,7,13H2,1H3,(H,23,26)(H,25,27)/b24-14-. The number of carbonyl (C=O) groups is 2. The van der Waals surface area contributed by atoms with Crippen LogP contribution in [0.4, 0.5) is 5.69 Å². The molecule has 0 heterocycles. The van der Waals surface area contributed by atoms with Gasteiger partial charge in [0.05, 0.1) is 6.42 Å². The van der Waals surface area contributed by atoms with Gasteiger partial charge in [-0.3, -0.25) is 9.59 Å². The maximum absolute atomic E-state index is 12.4. The third kappa shape index (κ3) is 5.26. The molecule has 0 radical (unpaired) electrons. The van der Waals surface area contributed by atoms with E-state index in [1.807, 2.05) is 12.1 Å². The lowest BCUT2D eigenvalue weighted by atomic mass is 9.90. The third-order valence-electron chi connectivity index (χ3n) is 4.54. The minimum atomic E-state index is -0.306. The second-order valence-electron chi connectivity index (χ2n) is 6.67. The van der Waals surface area contributed by atoms with Crippen LogP contribution in [-0.2, 0) is 17.6 Å². The fourth-order valence-electron chi connectivity index (χ4n) is 3.18. The third-order valence-corrected chi connectivity index (χ3v) is 5.07. The van der Waals surface area contributed by atoms with Gasteiger partial charge in [-0.25, -0.2) is 5.43 Å². The number of fused-ring (bicyclic) bond motifs is 1. The molecule has 2 amide bonds. The zero-order valence-corrected chi connectivity index (χ0v) is 16.8. The number of carbonyl (C=O) groups excluding carboxylic acids is 2. The van der Waals surface area contributed by atoms with Crippen LogP contribution in [0.5, 0.6) is 0 Å². The molecule has 0 fully saturated rings. The van der Waals surface area contributed by atoms with Crippen molar-refractivity contribution >= 4 is 39.1 Å². The largest absolute Gasteiger partial charge is 0.325 e. The van der Waals surface area contributed by atoms with E-state index in [1.54, 1.807) is 31.2 Å². The van der Waals surface area contributed by atoms with E-state index in [-0.39, 0.29) is 18.2 Å². The average molecular weight is 428 g/mol. The smallest absolute Gasteiger partial charge is 0.271 e. The Bertz CT molecular complexity index is 875. The molecule has 140 valence electrons. The Balaban J connectivity index is 1.57. The molecule has 27 heavy (non-hydrogen) atoms. The highest BCUT2D eigenvalue weighted by Gasteiger charge is 2.15. The van der Waals surface area contributed by atoms with E-state index in [2.05, 4.69) is 37.8 Å². The van der Waals surface area contributed by atoms with Crippen molar-refractivity contribution in [3.05, 3.63) is 63.6 Å². The lowest BCUT2D eigenvalue weighted by Crippen LogP contribution is -2.22. The lowest BCUT2D eigenvalue weighted by molar-refractivity contribution is -0.115. The number of hydrogen-bond acceptors (Lipinski definition) is 3. The van der Waals surface area contributed by atoms with E-state index in [1.165, 1.54) is 17.5 Å². The van der Waals surface area contributed by atoms with Crippen molar-refractivity contribution in [2.24, 2.45) is 5.10 Å². The van der Waals surface area contributed by atoms with Crippen molar-refractivity contribution in [3.8, 4) is 0 Å². The summed E-state index contributed by atoms with van der Waals surface area (Å²) in [4.78, 5) is 24.4. The van der Waals surface area contributed by atoms with Gasteiger partial charge in [0.2, 0.25) is 5.91 Å². The first-order chi connectivity index (χ1) is 13.0. The predicted molar refractivity (Wildman–Crippen MR) is 111 cm³/mol. The Morgan fingerprint density at radius 2 is 1.81 bits per heavy atom. The van der Waals surface area contributed by atoms with Gasteiger partial charge in [-0.05, 0) is 74.1 Å². The van der Waals surface area contributed by atoms with Crippen LogP contribution in [0, 0.1) is 0 Å². The molecule has 2 N–H and O–H groups in total. The van der Waals surface area contributed by atoms with Gasteiger partial charge >= 0.3 is 0 Å². The van der Waals surface area contributed by atoms with Gasteiger partial charge in [0.1, 0.15) is 0 Å². The minimum Gasteiger partial charge on any atom is -0.325 e. The van der Waals surface area contributed by atoms with Gasteiger partial charge in [-0.1, -0.05) is 28.1 Å². The first-order valence-corrected chi connectivity index (χ1v) is 9.82. The number of amides is 2. The van der Waals surface area contributed by atoms with Crippen LogP contribution in [0.15, 0.2) is 52.0 Å². The molecule has 2 aromatic carbocycles. The number of hydrazone groups is 1. The number of rotatable bonds is 5. The molecule has 0 unspecified atom stereocenters. The Kier molecular flexibility index (Phi) is 6.40.